The number of hydrogen-bond donors (Lipinski definition) is 16. The number of nitrogen functional groups attached to an aromatic ring is 3. The van der Waals surface area contributed by atoms with Crippen LogP contribution in [-0.2, 0) is 124 Å². The van der Waals surface area contributed by atoms with Crippen LogP contribution in [-0.4, -0.2) is 250 Å². The van der Waals surface area contributed by atoms with Gasteiger partial charge in [0.1, 0.15) is 147 Å². The molecule has 64 nitrogen and oxygen atoms in total. The van der Waals surface area contributed by atoms with E-state index in [1.807, 2.05) is 9.97 Å². The van der Waals surface area contributed by atoms with Crippen LogP contribution < -0.4 is 85.0 Å². The average Bonchev–Trinajstić information content (AvgIpc) is 1.66. The minimum absolute atomic E-state index is 0.0192. The van der Waals surface area contributed by atoms with E-state index in [2.05, 4.69) is 24.9 Å². The summed E-state index contributed by atoms with van der Waals surface area (Å²) in [6.07, 6.45) is -31.2. The van der Waals surface area contributed by atoms with Gasteiger partial charge in [0.2, 0.25) is 0 Å². The maximum Gasteiger partial charge on any atom is 0.472 e. The fourth-order valence-corrected chi connectivity index (χ4v) is 24.4. The lowest BCUT2D eigenvalue weighted by atomic mass is 10.2. The van der Waals surface area contributed by atoms with Crippen LogP contribution >= 0.6 is 65.1 Å². The predicted octanol–water partition coefficient (Wildman–Crippen LogP) is -2.87. The van der Waals surface area contributed by atoms with Gasteiger partial charge >= 0.3 is 93.6 Å². The molecule has 7 aliphatic heterocycles. The van der Waals surface area contributed by atoms with Gasteiger partial charge in [-0.3, -0.25) is 130 Å². The van der Waals surface area contributed by atoms with Gasteiger partial charge in [0.15, 0.2) is 0 Å². The molecule has 20 N–H and O–H groups in total. The SMILES string of the molecule is Cc1cn([C@H]2C[C@H](OP(=O)(O)O)[C@@H](CO[P@@](=O)(O[C@H]3C[C@H](n4cc(C)c(=O)[nH]c4=O)O[C@@H]3COP(=O)(O)O[C@H]3C[C@H](n4cc(C)c(=O)[nH]c4=O)O[C@@H]3COP(=O)(O)O[C@H]3C[C@H](n4cc(C)c(=O)[nH]c4=O)O[C@@H]3COP(=O)(O)O[C@H]3C[C@H](n4ccc(N)nc4=O)O[C@@H]3COP(=O)(O)O[C@H]3C[C@H](n4ccc(N)nc4=O)O[C@@H]3COP(=O)(O)O[C@H]3C[C@H](n4ccc(N)nc4=O)O[C@@H]3CO)SCCN)O2)c(=O)[nH]c1=O. The molecular formula is C69H95N18O46P7S. The lowest BCUT2D eigenvalue weighted by Crippen LogP contribution is -2.33. The molecule has 7 aromatic heterocycles. The molecule has 0 bridgehead atoms. The summed E-state index contributed by atoms with van der Waals surface area (Å²) in [5.74, 6) is -0.883. The Morgan fingerprint density at radius 2 is 0.567 bits per heavy atom. The summed E-state index contributed by atoms with van der Waals surface area (Å²) in [5, 5.41) is 10.1. The van der Waals surface area contributed by atoms with Gasteiger partial charge in [0.05, 0.1) is 46.2 Å². The van der Waals surface area contributed by atoms with Crippen LogP contribution in [0.25, 0.3) is 0 Å². The Bertz CT molecular complexity index is 6870. The molecule has 72 heteroatoms. The van der Waals surface area contributed by atoms with Gasteiger partial charge in [-0.05, 0) is 57.3 Å². The van der Waals surface area contributed by atoms with Crippen molar-refractivity contribution < 1.29 is 163 Å². The van der Waals surface area contributed by atoms with E-state index in [4.69, 9.17) is 115 Å². The molecule has 0 aliphatic carbocycles. The van der Waals surface area contributed by atoms with E-state index in [9.17, 15) is 119 Å². The summed E-state index contributed by atoms with van der Waals surface area (Å²) < 4.78 is 218. The monoisotopic (exact) mass is 2160 g/mol. The number of aromatic amines is 4. The van der Waals surface area contributed by atoms with Crippen LogP contribution in [0, 0.1) is 27.7 Å². The van der Waals surface area contributed by atoms with Crippen molar-refractivity contribution in [1.29, 1.82) is 0 Å². The molecule has 14 heterocycles. The van der Waals surface area contributed by atoms with Crippen molar-refractivity contribution in [2.75, 3.05) is 75.7 Å². The Morgan fingerprint density at radius 3 is 0.801 bits per heavy atom. The molecule has 0 spiro atoms. The van der Waals surface area contributed by atoms with Gasteiger partial charge in [-0.1, -0.05) is 0 Å². The molecule has 27 atom stereocenters. The van der Waals surface area contributed by atoms with Crippen LogP contribution in [0.4, 0.5) is 17.5 Å². The van der Waals surface area contributed by atoms with Crippen LogP contribution in [0.15, 0.2) is 114 Å². The number of hydrogen-bond acceptors (Lipinski definition) is 47. The third-order valence-electron chi connectivity index (χ3n) is 22.4. The van der Waals surface area contributed by atoms with Crippen molar-refractivity contribution in [3.05, 3.63) is 199 Å². The third kappa shape index (κ3) is 27.3. The molecule has 0 amide bonds. The number of aliphatic hydroxyl groups is 1. The molecule has 5 unspecified atom stereocenters. The van der Waals surface area contributed by atoms with Gasteiger partial charge in [0, 0.05) is 123 Å². The number of nitrogens with one attached hydrogen (secondary N) is 4. The largest absolute Gasteiger partial charge is 0.472 e. The highest BCUT2D eigenvalue weighted by Gasteiger charge is 2.54. The summed E-state index contributed by atoms with van der Waals surface area (Å²) in [5.41, 5.74) is 12.0. The lowest BCUT2D eigenvalue weighted by molar-refractivity contribution is -0.0657. The maximum atomic E-state index is 15.1. The number of aliphatic hydroxyl groups excluding tert-OH is 1. The summed E-state index contributed by atoms with van der Waals surface area (Å²) in [4.78, 5) is 239. The molecule has 778 valence electrons. The highest BCUT2D eigenvalue weighted by atomic mass is 32.7. The summed E-state index contributed by atoms with van der Waals surface area (Å²) in [6, 6.07) is 3.57. The zero-order valence-corrected chi connectivity index (χ0v) is 80.7. The number of anilines is 3. The minimum atomic E-state index is -5.79. The topological polar surface area (TPSA) is 894 Å². The third-order valence-corrected chi connectivity index (χ3v) is 31.8. The molecule has 7 aliphatic rings. The Kier molecular flexibility index (Phi) is 33.9. The number of H-pyrrole nitrogens is 4. The van der Waals surface area contributed by atoms with E-state index in [1.54, 1.807) is 0 Å². The number of rotatable bonds is 43. The standard InChI is InChI=1S/C69H95N18O46P7S/c1-31-20-84(66(96)77-59(31)89)55-14-36(127-134(100,101)102)48(126-55)30-119-140(113,141-12-8-70)133-41-19-58(87-23-34(4)62(92)80-69(87)99)125-47(41)29-118-139(111,112)132-40-18-57(86-22-33(3)61(91)79-68(86)98)124-46(40)28-117-138(109,110)131-39-17-56(85-21-32(2)60(90)78-67(85)97)123-45(39)27-116-137(107,108)130-38-16-54(83-11-7-51(73)76-65(83)95)122-44(38)26-115-136(105,106)129-37-15-53(82-10-6-50(72)75-64(82)94)121-43(37)25-114-135(103,104)128-35-13-52(120-42(35)24-88)81-9-5-49(71)74-63(81)93/h5-7,9-11,20-23,35-48,52-58,88H,8,12-19,24-30,70H2,1-4H3,(H,103,104)(H,105,106)(H,107,108)(H,109,110)(H,111,112)(H2,71,74,93)(H2,72,75,94)(H2,73,76,95)(H,77,89,96)(H,78,90,97)(H,79,91,98)(H,80,92,99)(H2,100,101,102)/t35-,36-,37-,38-,39-,40-,41-,42+,43+,44+,45+,46+,47+,48+,52+,53+,54+,55+,56+,57+,58+,140-/m0/s1. The predicted molar refractivity (Wildman–Crippen MR) is 470 cm³/mol. The van der Waals surface area contributed by atoms with Crippen molar-refractivity contribution in [3.63, 3.8) is 0 Å². The van der Waals surface area contributed by atoms with E-state index < -0.39 is 330 Å². The summed E-state index contributed by atoms with van der Waals surface area (Å²) >= 11 is 0.456. The Morgan fingerprint density at radius 1 is 0.348 bits per heavy atom. The van der Waals surface area contributed by atoms with Crippen molar-refractivity contribution in [2.24, 2.45) is 5.73 Å². The molecule has 0 aromatic carbocycles. The van der Waals surface area contributed by atoms with Crippen molar-refractivity contribution >= 4 is 82.6 Å². The first-order valence-electron chi connectivity index (χ1n) is 42.0. The molecule has 7 fully saturated rings. The van der Waals surface area contributed by atoms with Crippen LogP contribution in [0.2, 0.25) is 0 Å². The first kappa shape index (κ1) is 108. The van der Waals surface area contributed by atoms with Gasteiger partial charge in [-0.2, -0.15) is 15.0 Å². The number of aromatic nitrogens is 14. The summed E-state index contributed by atoms with van der Waals surface area (Å²) in [6.45, 7) is -7.41. The number of phosphoric acid groups is 6. The van der Waals surface area contributed by atoms with Crippen LogP contribution in [0.3, 0.4) is 0 Å². The second-order valence-electron chi connectivity index (χ2n) is 32.5. The van der Waals surface area contributed by atoms with Gasteiger partial charge in [0.25, 0.3) is 22.2 Å². The van der Waals surface area contributed by atoms with Crippen molar-refractivity contribution in [3.8, 4) is 0 Å². The second-order valence-corrected chi connectivity index (χ2v) is 44.8. The van der Waals surface area contributed by atoms with E-state index in [-0.39, 0.29) is 58.4 Å². The van der Waals surface area contributed by atoms with Crippen LogP contribution in [0.1, 0.15) is 111 Å². The van der Waals surface area contributed by atoms with Crippen molar-refractivity contribution in [2.45, 2.75) is 202 Å². The van der Waals surface area contributed by atoms with E-state index in [1.165, 1.54) is 46.0 Å². The van der Waals surface area contributed by atoms with Crippen LogP contribution in [0.5, 0.6) is 0 Å². The number of phosphoric ester groups is 6. The highest BCUT2D eigenvalue weighted by Crippen LogP contribution is 2.64. The molecule has 7 saturated heterocycles. The molecule has 141 heavy (non-hydrogen) atoms. The Balaban J connectivity index is 0.666. The Labute approximate surface area is 791 Å². The van der Waals surface area contributed by atoms with E-state index in [0.717, 1.165) is 75.2 Å². The molecule has 0 saturated carbocycles. The van der Waals surface area contributed by atoms with Gasteiger partial charge in [-0.15, -0.1) is 0 Å². The van der Waals surface area contributed by atoms with Gasteiger partial charge < -0.3 is 95.5 Å². The molecular weight excluding hydrogens is 2070 g/mol. The minimum Gasteiger partial charge on any atom is -0.394 e. The lowest BCUT2D eigenvalue weighted by Gasteiger charge is -2.27. The first-order chi connectivity index (χ1) is 66.2. The zero-order valence-electron chi connectivity index (χ0n) is 73.6. The number of nitrogens with zero attached hydrogens (tertiary/aromatic N) is 10. The van der Waals surface area contributed by atoms with E-state index >= 15 is 4.57 Å². The molecule has 0 radical (unpaired) electrons. The fourth-order valence-electron chi connectivity index (χ4n) is 15.7. The molecule has 14 rings (SSSR count). The fraction of sp³-hybridized carbons (Fsp3) is 0.594. The quantitative estimate of drug-likeness (QED) is 0.0171. The first-order valence-corrected chi connectivity index (χ1v) is 54.1. The number of ether oxygens (including phenoxy) is 7. The van der Waals surface area contributed by atoms with Gasteiger partial charge in [-0.25, -0.2) is 65.5 Å². The Hall–Kier alpha value is -8.44. The highest BCUT2D eigenvalue weighted by molar-refractivity contribution is 8.55. The van der Waals surface area contributed by atoms with Crippen molar-refractivity contribution in [1.82, 2.24) is 66.9 Å². The zero-order chi connectivity index (χ0) is 102. The maximum absolute atomic E-state index is 15.1. The van der Waals surface area contributed by atoms with E-state index in [0.29, 0.717) is 11.4 Å². The summed E-state index contributed by atoms with van der Waals surface area (Å²) in [7, 11) is -33.6. The normalized spacial score (nSPS) is 29.6. The second kappa shape index (κ2) is 44.1. The number of nitrogens with two attached hydrogens (primary N) is 4. The number of aryl methyl sites for hydroxylation is 4. The average molecular weight is 2160 g/mol. The smallest absolute Gasteiger partial charge is 0.394 e. The molecule has 7 aromatic rings.